The van der Waals surface area contributed by atoms with Gasteiger partial charge in [0.1, 0.15) is 11.4 Å². The topological polar surface area (TPSA) is 58.1 Å². The van der Waals surface area contributed by atoms with Gasteiger partial charge in [0.15, 0.2) is 0 Å². The molecule has 0 aliphatic heterocycles. The molecule has 0 saturated heterocycles. The monoisotopic (exact) mass is 366 g/mol. The number of nitrogens with zero attached hydrogens (tertiary/aromatic N) is 3. The number of benzene rings is 2. The van der Waals surface area contributed by atoms with E-state index in [-0.39, 0.29) is 5.91 Å². The molecule has 1 amide bonds. The van der Waals surface area contributed by atoms with Gasteiger partial charge < -0.3 is 10.2 Å². The summed E-state index contributed by atoms with van der Waals surface area (Å²) < 4.78 is 0. The van der Waals surface area contributed by atoms with Crippen LogP contribution in [-0.4, -0.2) is 34.7 Å². The molecule has 2 aromatic carbocycles. The second-order valence-corrected chi connectivity index (χ2v) is 6.72. The number of amides is 1. The highest BCUT2D eigenvalue weighted by Gasteiger charge is 2.08. The Balaban J connectivity index is 1.60. The number of nitrogens with one attached hydrogen (secondary N) is 1. The van der Waals surface area contributed by atoms with Crippen molar-refractivity contribution < 1.29 is 4.79 Å². The van der Waals surface area contributed by atoms with E-state index in [0.29, 0.717) is 5.75 Å². The second-order valence-electron chi connectivity index (χ2n) is 5.75. The number of carbonyl (C=O) groups excluding carboxylic acids is 1. The van der Waals surface area contributed by atoms with Crippen LogP contribution in [0.1, 0.15) is 13.8 Å². The third-order valence-electron chi connectivity index (χ3n) is 4.13. The average molecular weight is 366 g/mol. The van der Waals surface area contributed by atoms with Crippen LogP contribution in [0.2, 0.25) is 0 Å². The third-order valence-corrected chi connectivity index (χ3v) is 5.13. The van der Waals surface area contributed by atoms with Crippen LogP contribution in [0.3, 0.4) is 0 Å². The van der Waals surface area contributed by atoms with Crippen molar-refractivity contribution in [3.05, 3.63) is 54.9 Å². The standard InChI is InChI=1S/C20H22N4OS/c1-3-24(4-2)16-11-9-15(10-12-16)23-19(25)13-26-20-17-7-5-6-8-18(17)21-14-22-20/h5-12,14H,3-4,13H2,1-2H3,(H,23,25). The van der Waals surface area contributed by atoms with Crippen molar-refractivity contribution in [2.75, 3.05) is 29.1 Å². The fourth-order valence-corrected chi connectivity index (χ4v) is 3.56. The minimum Gasteiger partial charge on any atom is -0.372 e. The first-order chi connectivity index (χ1) is 12.7. The molecule has 0 unspecified atom stereocenters. The summed E-state index contributed by atoms with van der Waals surface area (Å²) in [6, 6.07) is 15.8. The molecule has 1 aromatic heterocycles. The highest BCUT2D eigenvalue weighted by Crippen LogP contribution is 2.24. The van der Waals surface area contributed by atoms with Gasteiger partial charge in [0.2, 0.25) is 5.91 Å². The van der Waals surface area contributed by atoms with Crippen molar-refractivity contribution in [1.29, 1.82) is 0 Å². The minimum atomic E-state index is -0.0479. The van der Waals surface area contributed by atoms with E-state index in [0.717, 1.165) is 40.4 Å². The Bertz CT molecular complexity index is 873. The summed E-state index contributed by atoms with van der Waals surface area (Å²) in [6.45, 7) is 6.19. The molecule has 5 nitrogen and oxygen atoms in total. The smallest absolute Gasteiger partial charge is 0.234 e. The Morgan fingerprint density at radius 3 is 2.50 bits per heavy atom. The van der Waals surface area contributed by atoms with E-state index >= 15 is 0 Å². The first-order valence-corrected chi connectivity index (χ1v) is 9.67. The molecule has 1 heterocycles. The summed E-state index contributed by atoms with van der Waals surface area (Å²) in [4.78, 5) is 23.1. The molecule has 1 N–H and O–H groups in total. The molecule has 3 aromatic rings. The van der Waals surface area contributed by atoms with Gasteiger partial charge in [-0.25, -0.2) is 9.97 Å². The zero-order valence-electron chi connectivity index (χ0n) is 15.0. The van der Waals surface area contributed by atoms with E-state index in [1.165, 1.54) is 18.1 Å². The number of hydrogen-bond acceptors (Lipinski definition) is 5. The van der Waals surface area contributed by atoms with Crippen molar-refractivity contribution in [3.63, 3.8) is 0 Å². The number of fused-ring (bicyclic) bond motifs is 1. The van der Waals surface area contributed by atoms with Gasteiger partial charge in [-0.1, -0.05) is 30.0 Å². The first-order valence-electron chi connectivity index (χ1n) is 8.68. The predicted molar refractivity (Wildman–Crippen MR) is 109 cm³/mol. The lowest BCUT2D eigenvalue weighted by Crippen LogP contribution is -2.21. The van der Waals surface area contributed by atoms with Gasteiger partial charge in [-0.2, -0.15) is 0 Å². The summed E-state index contributed by atoms with van der Waals surface area (Å²) >= 11 is 1.42. The van der Waals surface area contributed by atoms with E-state index in [1.807, 2.05) is 48.5 Å². The Hall–Kier alpha value is -2.60. The van der Waals surface area contributed by atoms with Crippen LogP contribution in [0.4, 0.5) is 11.4 Å². The molecule has 0 bridgehead atoms. The molecule has 6 heteroatoms. The van der Waals surface area contributed by atoms with Crippen LogP contribution in [-0.2, 0) is 4.79 Å². The number of thioether (sulfide) groups is 1. The Morgan fingerprint density at radius 1 is 1.04 bits per heavy atom. The maximum Gasteiger partial charge on any atom is 0.234 e. The Labute approximate surface area is 157 Å². The number of para-hydroxylation sites is 1. The molecule has 0 spiro atoms. The van der Waals surface area contributed by atoms with Gasteiger partial charge in [0.05, 0.1) is 11.3 Å². The fraction of sp³-hybridized carbons (Fsp3) is 0.250. The summed E-state index contributed by atoms with van der Waals surface area (Å²) in [5.41, 5.74) is 2.85. The number of hydrogen-bond donors (Lipinski definition) is 1. The lowest BCUT2D eigenvalue weighted by Gasteiger charge is -2.21. The van der Waals surface area contributed by atoms with E-state index in [4.69, 9.17) is 0 Å². The van der Waals surface area contributed by atoms with Crippen molar-refractivity contribution in [3.8, 4) is 0 Å². The Morgan fingerprint density at radius 2 is 1.77 bits per heavy atom. The van der Waals surface area contributed by atoms with E-state index in [1.54, 1.807) is 0 Å². The third kappa shape index (κ3) is 4.32. The van der Waals surface area contributed by atoms with Crippen molar-refractivity contribution >= 4 is 39.9 Å². The zero-order valence-corrected chi connectivity index (χ0v) is 15.8. The highest BCUT2D eigenvalue weighted by atomic mass is 32.2. The summed E-state index contributed by atoms with van der Waals surface area (Å²) in [5, 5.41) is 4.73. The van der Waals surface area contributed by atoms with Crippen molar-refractivity contribution in [1.82, 2.24) is 9.97 Å². The van der Waals surface area contributed by atoms with E-state index in [9.17, 15) is 4.79 Å². The van der Waals surface area contributed by atoms with Crippen LogP contribution in [0.25, 0.3) is 10.9 Å². The summed E-state index contributed by atoms with van der Waals surface area (Å²) in [7, 11) is 0. The van der Waals surface area contributed by atoms with Gasteiger partial charge in [-0.15, -0.1) is 0 Å². The molecular formula is C20H22N4OS. The average Bonchev–Trinajstić information content (AvgIpc) is 2.68. The summed E-state index contributed by atoms with van der Waals surface area (Å²) in [5.74, 6) is 0.256. The van der Waals surface area contributed by atoms with Gasteiger partial charge in [0.25, 0.3) is 0 Å². The van der Waals surface area contributed by atoms with Gasteiger partial charge in [-0.05, 0) is 44.2 Å². The maximum absolute atomic E-state index is 12.3. The van der Waals surface area contributed by atoms with Crippen LogP contribution >= 0.6 is 11.8 Å². The second kappa shape index (κ2) is 8.67. The first kappa shape index (κ1) is 18.2. The van der Waals surface area contributed by atoms with Crippen LogP contribution in [0.15, 0.2) is 59.9 Å². The number of anilines is 2. The SMILES string of the molecule is CCN(CC)c1ccc(NC(=O)CSc2ncnc3ccccc23)cc1. The molecule has 0 atom stereocenters. The quantitative estimate of drug-likeness (QED) is 0.501. The molecule has 3 rings (SSSR count). The largest absolute Gasteiger partial charge is 0.372 e. The number of aromatic nitrogens is 2. The highest BCUT2D eigenvalue weighted by molar-refractivity contribution is 8.00. The molecular weight excluding hydrogens is 344 g/mol. The predicted octanol–water partition coefficient (Wildman–Crippen LogP) is 4.21. The normalized spacial score (nSPS) is 10.7. The molecule has 0 fully saturated rings. The van der Waals surface area contributed by atoms with Crippen LogP contribution in [0.5, 0.6) is 0 Å². The van der Waals surface area contributed by atoms with E-state index < -0.39 is 0 Å². The zero-order chi connectivity index (χ0) is 18.4. The Kier molecular flexibility index (Phi) is 6.07. The molecule has 0 aliphatic carbocycles. The molecule has 134 valence electrons. The molecule has 0 radical (unpaired) electrons. The molecule has 0 saturated carbocycles. The fourth-order valence-electron chi connectivity index (χ4n) is 2.77. The van der Waals surface area contributed by atoms with Crippen molar-refractivity contribution in [2.45, 2.75) is 18.9 Å². The van der Waals surface area contributed by atoms with Crippen LogP contribution < -0.4 is 10.2 Å². The van der Waals surface area contributed by atoms with Gasteiger partial charge >= 0.3 is 0 Å². The van der Waals surface area contributed by atoms with Crippen LogP contribution in [0, 0.1) is 0 Å². The van der Waals surface area contributed by atoms with Crippen molar-refractivity contribution in [2.24, 2.45) is 0 Å². The lowest BCUT2D eigenvalue weighted by atomic mass is 10.2. The van der Waals surface area contributed by atoms with E-state index in [2.05, 4.69) is 34.0 Å². The summed E-state index contributed by atoms with van der Waals surface area (Å²) in [6.07, 6.45) is 1.54. The van der Waals surface area contributed by atoms with Gasteiger partial charge in [0, 0.05) is 29.9 Å². The lowest BCUT2D eigenvalue weighted by molar-refractivity contribution is -0.113. The maximum atomic E-state index is 12.3. The minimum absolute atomic E-state index is 0.0479. The number of carbonyl (C=O) groups is 1. The number of rotatable bonds is 7. The molecule has 0 aliphatic rings. The molecule has 26 heavy (non-hydrogen) atoms. The van der Waals surface area contributed by atoms with Gasteiger partial charge in [-0.3, -0.25) is 4.79 Å².